The Balaban J connectivity index is 1.72. The molecule has 0 spiro atoms. The van der Waals surface area contributed by atoms with Gasteiger partial charge in [0.2, 0.25) is 0 Å². The molecule has 0 aromatic heterocycles. The Bertz CT molecular complexity index is 419. The molecule has 0 amide bonds. The number of nitrogens with one attached hydrogen (secondary N) is 1. The van der Waals surface area contributed by atoms with Gasteiger partial charge < -0.3 is 10.1 Å². The summed E-state index contributed by atoms with van der Waals surface area (Å²) in [6, 6.07) is 9.17. The van der Waals surface area contributed by atoms with Gasteiger partial charge in [-0.25, -0.2) is 0 Å². The van der Waals surface area contributed by atoms with E-state index in [2.05, 4.69) is 55.3 Å². The van der Waals surface area contributed by atoms with Gasteiger partial charge in [-0.1, -0.05) is 26.0 Å². The summed E-state index contributed by atoms with van der Waals surface area (Å²) in [7, 11) is 0. The molecule has 0 saturated carbocycles. The van der Waals surface area contributed by atoms with Crippen LogP contribution in [-0.2, 0) is 6.54 Å². The summed E-state index contributed by atoms with van der Waals surface area (Å²) in [5.41, 5.74) is 1.29. The van der Waals surface area contributed by atoms with E-state index >= 15 is 0 Å². The lowest BCUT2D eigenvalue weighted by Crippen LogP contribution is -2.31. The Hall–Kier alpha value is -1.06. The van der Waals surface area contributed by atoms with E-state index in [1.54, 1.807) is 0 Å². The molecule has 1 atom stereocenters. The SMILES string of the molecule is CC(C)CNCc1cccc(OCCN2CCCC2C)c1. The quantitative estimate of drug-likeness (QED) is 0.795. The van der Waals surface area contributed by atoms with Gasteiger partial charge in [-0.2, -0.15) is 0 Å². The van der Waals surface area contributed by atoms with Crippen LogP contribution in [0.3, 0.4) is 0 Å². The highest BCUT2D eigenvalue weighted by Gasteiger charge is 2.19. The van der Waals surface area contributed by atoms with Crippen molar-refractivity contribution in [3.8, 4) is 5.75 Å². The third kappa shape index (κ3) is 5.68. The summed E-state index contributed by atoms with van der Waals surface area (Å²) in [5, 5.41) is 3.47. The number of nitrogens with zero attached hydrogens (tertiary/aromatic N) is 1. The largest absolute Gasteiger partial charge is 0.492 e. The topological polar surface area (TPSA) is 24.5 Å². The first-order valence-electron chi connectivity index (χ1n) is 8.31. The molecule has 0 aliphatic carbocycles. The van der Waals surface area contributed by atoms with Crippen molar-refractivity contribution < 1.29 is 4.74 Å². The van der Waals surface area contributed by atoms with Crippen molar-refractivity contribution in [2.24, 2.45) is 5.92 Å². The van der Waals surface area contributed by atoms with E-state index in [1.807, 2.05) is 0 Å². The summed E-state index contributed by atoms with van der Waals surface area (Å²) >= 11 is 0. The summed E-state index contributed by atoms with van der Waals surface area (Å²) in [6.45, 7) is 11.8. The van der Waals surface area contributed by atoms with Crippen LogP contribution in [0.4, 0.5) is 0 Å². The van der Waals surface area contributed by atoms with Crippen LogP contribution in [0.25, 0.3) is 0 Å². The molecular weight excluding hydrogens is 260 g/mol. The Morgan fingerprint density at radius 2 is 2.24 bits per heavy atom. The number of hydrogen-bond donors (Lipinski definition) is 1. The summed E-state index contributed by atoms with van der Waals surface area (Å²) in [4.78, 5) is 2.52. The number of rotatable bonds is 8. The van der Waals surface area contributed by atoms with Crippen molar-refractivity contribution in [1.82, 2.24) is 10.2 Å². The highest BCUT2D eigenvalue weighted by atomic mass is 16.5. The van der Waals surface area contributed by atoms with Gasteiger partial charge in [-0.3, -0.25) is 4.90 Å². The van der Waals surface area contributed by atoms with Crippen LogP contribution >= 0.6 is 0 Å². The van der Waals surface area contributed by atoms with Crippen LogP contribution in [0.15, 0.2) is 24.3 Å². The van der Waals surface area contributed by atoms with Gasteiger partial charge in [0.15, 0.2) is 0 Å². The Labute approximate surface area is 129 Å². The smallest absolute Gasteiger partial charge is 0.119 e. The van der Waals surface area contributed by atoms with E-state index < -0.39 is 0 Å². The highest BCUT2D eigenvalue weighted by Crippen LogP contribution is 2.17. The molecule has 1 aromatic rings. The van der Waals surface area contributed by atoms with Crippen LogP contribution in [0.5, 0.6) is 5.75 Å². The predicted octanol–water partition coefficient (Wildman–Crippen LogP) is 3.30. The van der Waals surface area contributed by atoms with Gasteiger partial charge in [-0.05, 0) is 56.5 Å². The Morgan fingerprint density at radius 1 is 1.38 bits per heavy atom. The van der Waals surface area contributed by atoms with E-state index in [-0.39, 0.29) is 0 Å². The molecule has 3 heteroatoms. The monoisotopic (exact) mass is 290 g/mol. The zero-order valence-corrected chi connectivity index (χ0v) is 13.8. The first-order valence-corrected chi connectivity index (χ1v) is 8.31. The van der Waals surface area contributed by atoms with Gasteiger partial charge in [0.25, 0.3) is 0 Å². The number of hydrogen-bond acceptors (Lipinski definition) is 3. The fraction of sp³-hybridized carbons (Fsp3) is 0.667. The third-order valence-electron chi connectivity index (χ3n) is 4.12. The molecule has 1 N–H and O–H groups in total. The summed E-state index contributed by atoms with van der Waals surface area (Å²) in [5.74, 6) is 1.68. The normalized spacial score (nSPS) is 19.3. The lowest BCUT2D eigenvalue weighted by atomic mass is 10.2. The maximum atomic E-state index is 5.91. The molecule has 0 bridgehead atoms. The van der Waals surface area contributed by atoms with Crippen molar-refractivity contribution in [3.63, 3.8) is 0 Å². The first-order chi connectivity index (χ1) is 10.1. The van der Waals surface area contributed by atoms with E-state index in [0.717, 1.165) is 38.0 Å². The van der Waals surface area contributed by atoms with Crippen molar-refractivity contribution in [2.45, 2.75) is 46.2 Å². The molecular formula is C18H30N2O. The second kappa shape index (κ2) is 8.40. The standard InChI is InChI=1S/C18H30N2O/c1-15(2)13-19-14-17-7-4-8-18(12-17)21-11-10-20-9-5-6-16(20)3/h4,7-8,12,15-16,19H,5-6,9-11,13-14H2,1-3H3. The molecule has 1 heterocycles. The maximum absolute atomic E-state index is 5.91. The number of benzene rings is 1. The molecule has 0 radical (unpaired) electrons. The van der Waals surface area contributed by atoms with Crippen molar-refractivity contribution >= 4 is 0 Å². The highest BCUT2D eigenvalue weighted by molar-refractivity contribution is 5.28. The van der Waals surface area contributed by atoms with Crippen LogP contribution in [-0.4, -0.2) is 37.2 Å². The van der Waals surface area contributed by atoms with Gasteiger partial charge in [-0.15, -0.1) is 0 Å². The van der Waals surface area contributed by atoms with Gasteiger partial charge in [0, 0.05) is 19.1 Å². The minimum Gasteiger partial charge on any atom is -0.492 e. The lowest BCUT2D eigenvalue weighted by Gasteiger charge is -2.20. The van der Waals surface area contributed by atoms with E-state index in [1.165, 1.54) is 24.9 Å². The predicted molar refractivity (Wildman–Crippen MR) is 88.8 cm³/mol. The molecule has 1 aliphatic heterocycles. The zero-order chi connectivity index (χ0) is 15.1. The van der Waals surface area contributed by atoms with E-state index in [0.29, 0.717) is 5.92 Å². The fourth-order valence-electron chi connectivity index (χ4n) is 2.86. The molecule has 1 saturated heterocycles. The average Bonchev–Trinajstić information content (AvgIpc) is 2.85. The molecule has 1 aliphatic rings. The Morgan fingerprint density at radius 3 is 2.95 bits per heavy atom. The minimum atomic E-state index is 0.687. The van der Waals surface area contributed by atoms with Gasteiger partial charge in [0.1, 0.15) is 12.4 Å². The fourth-order valence-corrected chi connectivity index (χ4v) is 2.86. The second-order valence-corrected chi connectivity index (χ2v) is 6.55. The molecule has 1 fully saturated rings. The second-order valence-electron chi connectivity index (χ2n) is 6.55. The molecule has 1 unspecified atom stereocenters. The van der Waals surface area contributed by atoms with Crippen LogP contribution < -0.4 is 10.1 Å². The first kappa shape index (κ1) is 16.3. The molecule has 21 heavy (non-hydrogen) atoms. The molecule has 2 rings (SSSR count). The van der Waals surface area contributed by atoms with Crippen molar-refractivity contribution in [3.05, 3.63) is 29.8 Å². The van der Waals surface area contributed by atoms with Gasteiger partial charge in [0.05, 0.1) is 0 Å². The minimum absolute atomic E-state index is 0.687. The van der Waals surface area contributed by atoms with Crippen LogP contribution in [0.1, 0.15) is 39.2 Å². The molecule has 118 valence electrons. The molecule has 3 nitrogen and oxygen atoms in total. The van der Waals surface area contributed by atoms with Gasteiger partial charge >= 0.3 is 0 Å². The maximum Gasteiger partial charge on any atom is 0.119 e. The lowest BCUT2D eigenvalue weighted by molar-refractivity contribution is 0.204. The summed E-state index contributed by atoms with van der Waals surface area (Å²) in [6.07, 6.45) is 2.66. The number of likely N-dealkylation sites (tertiary alicyclic amines) is 1. The van der Waals surface area contributed by atoms with Crippen molar-refractivity contribution in [2.75, 3.05) is 26.2 Å². The average molecular weight is 290 g/mol. The third-order valence-corrected chi connectivity index (χ3v) is 4.12. The zero-order valence-electron chi connectivity index (χ0n) is 13.8. The van der Waals surface area contributed by atoms with E-state index in [9.17, 15) is 0 Å². The summed E-state index contributed by atoms with van der Waals surface area (Å²) < 4.78 is 5.91. The van der Waals surface area contributed by atoms with E-state index in [4.69, 9.17) is 4.74 Å². The molecule has 1 aromatic carbocycles. The van der Waals surface area contributed by atoms with Crippen molar-refractivity contribution in [1.29, 1.82) is 0 Å². The van der Waals surface area contributed by atoms with Crippen LogP contribution in [0.2, 0.25) is 0 Å². The Kier molecular flexibility index (Phi) is 6.52. The van der Waals surface area contributed by atoms with Crippen LogP contribution in [0, 0.1) is 5.92 Å². The number of ether oxygens (including phenoxy) is 1.